The highest BCUT2D eigenvalue weighted by molar-refractivity contribution is 7.99. The summed E-state index contributed by atoms with van der Waals surface area (Å²) in [6, 6.07) is 15.2. The van der Waals surface area contributed by atoms with Crippen molar-refractivity contribution in [3.8, 4) is 5.75 Å². The van der Waals surface area contributed by atoms with Crippen molar-refractivity contribution in [1.82, 2.24) is 0 Å². The summed E-state index contributed by atoms with van der Waals surface area (Å²) in [6.07, 6.45) is 10.5. The second-order valence-corrected chi connectivity index (χ2v) is 11.9. The molecule has 1 nitrogen and oxygen atoms in total. The van der Waals surface area contributed by atoms with Crippen molar-refractivity contribution >= 4 is 11.8 Å². The van der Waals surface area contributed by atoms with E-state index in [2.05, 4.69) is 88.8 Å². The van der Waals surface area contributed by atoms with Crippen LogP contribution in [0.4, 0.5) is 0 Å². The quantitative estimate of drug-likeness (QED) is 0.486. The van der Waals surface area contributed by atoms with Crippen molar-refractivity contribution in [3.63, 3.8) is 0 Å². The molecule has 0 amide bonds. The molecule has 2 heteroatoms. The Kier molecular flexibility index (Phi) is 8.19. The molecular weight excluding hydrogens is 396 g/mol. The fraction of sp³-hybridized carbons (Fsp3) is 0.586. The predicted molar refractivity (Wildman–Crippen MR) is 137 cm³/mol. The fourth-order valence-corrected chi connectivity index (χ4v) is 6.11. The van der Waals surface area contributed by atoms with Crippen LogP contribution in [0.3, 0.4) is 0 Å². The van der Waals surface area contributed by atoms with Gasteiger partial charge in [-0.1, -0.05) is 109 Å². The molecule has 0 aliphatic heterocycles. The van der Waals surface area contributed by atoms with Crippen LogP contribution in [-0.2, 0) is 16.6 Å². The number of hydrogen-bond acceptors (Lipinski definition) is 2. The molecule has 3 rings (SSSR count). The van der Waals surface area contributed by atoms with Crippen molar-refractivity contribution < 1.29 is 5.11 Å². The first kappa shape index (κ1) is 24.2. The molecule has 0 heterocycles. The van der Waals surface area contributed by atoms with Crippen LogP contribution in [0.25, 0.3) is 0 Å². The van der Waals surface area contributed by atoms with Crippen molar-refractivity contribution in [1.29, 1.82) is 0 Å². The van der Waals surface area contributed by atoms with Gasteiger partial charge in [0.2, 0.25) is 0 Å². The third-order valence-electron chi connectivity index (χ3n) is 7.29. The normalized spacial score (nSPS) is 18.2. The van der Waals surface area contributed by atoms with E-state index in [4.69, 9.17) is 0 Å². The number of thioether (sulfide) groups is 1. The Morgan fingerprint density at radius 3 is 2.06 bits per heavy atom. The zero-order valence-electron chi connectivity index (χ0n) is 20.3. The zero-order chi connectivity index (χ0) is 22.5. The van der Waals surface area contributed by atoms with Crippen LogP contribution in [0.1, 0.15) is 108 Å². The molecule has 0 spiro atoms. The lowest BCUT2D eigenvalue weighted by Crippen LogP contribution is -2.24. The summed E-state index contributed by atoms with van der Waals surface area (Å²) >= 11 is 2.07. The van der Waals surface area contributed by atoms with Gasteiger partial charge in [0.25, 0.3) is 0 Å². The molecule has 1 aliphatic rings. The van der Waals surface area contributed by atoms with Gasteiger partial charge in [-0.25, -0.2) is 0 Å². The minimum absolute atomic E-state index is 0.0490. The van der Waals surface area contributed by atoms with Crippen LogP contribution in [0.15, 0.2) is 42.5 Å². The number of aromatic hydroxyl groups is 1. The molecule has 1 aliphatic carbocycles. The van der Waals surface area contributed by atoms with E-state index in [9.17, 15) is 5.11 Å². The minimum Gasteiger partial charge on any atom is -0.507 e. The van der Waals surface area contributed by atoms with Gasteiger partial charge in [0.15, 0.2) is 0 Å². The smallest absolute Gasteiger partial charge is 0.123 e. The monoisotopic (exact) mass is 438 g/mol. The van der Waals surface area contributed by atoms with Gasteiger partial charge in [0.05, 0.1) is 0 Å². The van der Waals surface area contributed by atoms with Crippen LogP contribution in [0.5, 0.6) is 5.75 Å². The number of hydrogen-bond donors (Lipinski definition) is 1. The highest BCUT2D eigenvalue weighted by Gasteiger charge is 2.32. The number of phenolic OH excluding ortho intramolecular Hbond substituents is 1. The Balaban J connectivity index is 1.98. The van der Waals surface area contributed by atoms with E-state index in [1.54, 1.807) is 0 Å². The molecule has 0 radical (unpaired) electrons. The van der Waals surface area contributed by atoms with Crippen molar-refractivity contribution in [3.05, 3.63) is 64.7 Å². The average molecular weight is 439 g/mol. The molecule has 2 aromatic rings. The van der Waals surface area contributed by atoms with Crippen LogP contribution < -0.4 is 0 Å². The second-order valence-electron chi connectivity index (χ2n) is 10.6. The SMILES string of the molecule is CCC(C)(c1ccccc1)c1cc(C(C)(C)C)cc(CSC2CCCCCCC2)c1O. The van der Waals surface area contributed by atoms with Gasteiger partial charge in [-0.05, 0) is 35.8 Å². The van der Waals surface area contributed by atoms with E-state index < -0.39 is 0 Å². The molecule has 0 saturated heterocycles. The molecular formula is C29H42OS. The van der Waals surface area contributed by atoms with E-state index in [1.165, 1.54) is 56.1 Å². The van der Waals surface area contributed by atoms with Crippen molar-refractivity contribution in [2.45, 2.75) is 108 Å². The summed E-state index contributed by atoms with van der Waals surface area (Å²) in [7, 11) is 0. The van der Waals surface area contributed by atoms with Gasteiger partial charge in [-0.2, -0.15) is 11.8 Å². The third kappa shape index (κ3) is 5.89. The van der Waals surface area contributed by atoms with Crippen molar-refractivity contribution in [2.75, 3.05) is 0 Å². The first-order chi connectivity index (χ1) is 14.8. The molecule has 0 bridgehead atoms. The maximum absolute atomic E-state index is 11.5. The van der Waals surface area contributed by atoms with Gasteiger partial charge in [0.1, 0.15) is 5.75 Å². The summed E-state index contributed by atoms with van der Waals surface area (Å²) in [4.78, 5) is 0. The Bertz CT molecular complexity index is 828. The topological polar surface area (TPSA) is 20.2 Å². The van der Waals surface area contributed by atoms with Crippen LogP contribution in [0, 0.1) is 0 Å². The average Bonchev–Trinajstić information content (AvgIpc) is 2.73. The van der Waals surface area contributed by atoms with Gasteiger partial charge in [-0.15, -0.1) is 0 Å². The minimum atomic E-state index is -0.202. The summed E-state index contributed by atoms with van der Waals surface area (Å²) in [6.45, 7) is 11.4. The van der Waals surface area contributed by atoms with E-state index in [0.717, 1.165) is 28.6 Å². The van der Waals surface area contributed by atoms with Crippen LogP contribution in [0.2, 0.25) is 0 Å². The summed E-state index contributed by atoms with van der Waals surface area (Å²) < 4.78 is 0. The van der Waals surface area contributed by atoms with Gasteiger partial charge in [-0.3, -0.25) is 0 Å². The number of benzene rings is 2. The van der Waals surface area contributed by atoms with Gasteiger partial charge in [0, 0.05) is 27.5 Å². The molecule has 1 N–H and O–H groups in total. The molecule has 31 heavy (non-hydrogen) atoms. The van der Waals surface area contributed by atoms with Crippen LogP contribution in [-0.4, -0.2) is 10.4 Å². The summed E-state index contributed by atoms with van der Waals surface area (Å²) in [5, 5.41) is 12.3. The third-order valence-corrected chi connectivity index (χ3v) is 8.71. The first-order valence-corrected chi connectivity index (χ1v) is 13.3. The Hall–Kier alpha value is -1.41. The molecule has 1 unspecified atom stereocenters. The van der Waals surface area contributed by atoms with Crippen molar-refractivity contribution in [2.24, 2.45) is 0 Å². The number of phenols is 1. The Morgan fingerprint density at radius 2 is 1.48 bits per heavy atom. The Labute approximate surface area is 195 Å². The molecule has 1 fully saturated rings. The number of rotatable bonds is 6. The highest BCUT2D eigenvalue weighted by atomic mass is 32.2. The molecule has 1 atom stereocenters. The molecule has 170 valence electrons. The first-order valence-electron chi connectivity index (χ1n) is 12.3. The molecule has 0 aromatic heterocycles. The second kappa shape index (κ2) is 10.5. The van der Waals surface area contributed by atoms with Gasteiger partial charge >= 0.3 is 0 Å². The summed E-state index contributed by atoms with van der Waals surface area (Å²) in [5.74, 6) is 1.42. The van der Waals surface area contributed by atoms with E-state index in [-0.39, 0.29) is 10.8 Å². The highest BCUT2D eigenvalue weighted by Crippen LogP contribution is 2.44. The maximum atomic E-state index is 11.5. The lowest BCUT2D eigenvalue weighted by molar-refractivity contribution is 0.435. The van der Waals surface area contributed by atoms with E-state index in [0.29, 0.717) is 5.75 Å². The lowest BCUT2D eigenvalue weighted by Gasteiger charge is -2.33. The molecule has 1 saturated carbocycles. The largest absolute Gasteiger partial charge is 0.507 e. The molecule has 2 aromatic carbocycles. The van der Waals surface area contributed by atoms with E-state index in [1.807, 2.05) is 0 Å². The zero-order valence-corrected chi connectivity index (χ0v) is 21.2. The van der Waals surface area contributed by atoms with E-state index >= 15 is 0 Å². The standard InChI is InChI=1S/C29H42OS/c1-6-29(5,23-15-11-10-12-16-23)26-20-24(28(2,3)4)19-22(27(26)30)21-31-25-17-13-8-7-9-14-18-25/h10-12,15-16,19-20,25,30H,6-9,13-14,17-18,21H2,1-5H3. The summed E-state index contributed by atoms with van der Waals surface area (Å²) in [5.41, 5.74) is 4.65. The van der Waals surface area contributed by atoms with Crippen LogP contribution >= 0.6 is 11.8 Å². The fourth-order valence-electron chi connectivity index (χ4n) is 4.81. The predicted octanol–water partition coefficient (Wildman–Crippen LogP) is 8.75. The lowest BCUT2D eigenvalue weighted by atomic mass is 9.71. The van der Waals surface area contributed by atoms with Gasteiger partial charge < -0.3 is 5.11 Å². The maximum Gasteiger partial charge on any atom is 0.123 e. The Morgan fingerprint density at radius 1 is 0.871 bits per heavy atom.